The van der Waals surface area contributed by atoms with Crippen LogP contribution in [0.15, 0.2) is 71.3 Å². The summed E-state index contributed by atoms with van der Waals surface area (Å²) in [5.74, 6) is 1.09. The zero-order valence-corrected chi connectivity index (χ0v) is 16.7. The number of hydrogen-bond acceptors (Lipinski definition) is 5. The van der Waals surface area contributed by atoms with Gasteiger partial charge >= 0.3 is 0 Å². The van der Waals surface area contributed by atoms with Gasteiger partial charge in [0.25, 0.3) is 0 Å². The van der Waals surface area contributed by atoms with Crippen molar-refractivity contribution in [2.75, 3.05) is 0 Å². The average molecular weight is 411 g/mol. The van der Waals surface area contributed by atoms with Gasteiger partial charge in [0.2, 0.25) is 15.8 Å². The quantitative estimate of drug-likeness (QED) is 0.546. The van der Waals surface area contributed by atoms with E-state index < -0.39 is 10.0 Å². The molecule has 0 radical (unpaired) electrons. The number of nitrogens with one attached hydrogen (secondary N) is 1. The van der Waals surface area contributed by atoms with Crippen LogP contribution in [0.5, 0.6) is 0 Å². The van der Waals surface area contributed by atoms with Crippen molar-refractivity contribution in [3.8, 4) is 10.6 Å². The maximum atomic E-state index is 12.9. The Morgan fingerprint density at radius 1 is 1.11 bits per heavy atom. The van der Waals surface area contributed by atoms with Crippen molar-refractivity contribution in [1.82, 2.24) is 19.1 Å². The van der Waals surface area contributed by atoms with Crippen LogP contribution in [-0.4, -0.2) is 28.8 Å². The average Bonchev–Trinajstić information content (AvgIpc) is 3.12. The van der Waals surface area contributed by atoms with Crippen LogP contribution in [0.2, 0.25) is 0 Å². The first kappa shape index (κ1) is 17.5. The molecule has 0 bridgehead atoms. The fourth-order valence-electron chi connectivity index (χ4n) is 3.62. The third-order valence-electron chi connectivity index (χ3n) is 5.19. The Balaban J connectivity index is 1.37. The minimum atomic E-state index is -3.57. The predicted octanol–water partition coefficient (Wildman–Crippen LogP) is 3.54. The summed E-state index contributed by atoms with van der Waals surface area (Å²) >= 11 is 1.22. The van der Waals surface area contributed by atoms with E-state index in [-0.39, 0.29) is 17.9 Å². The molecule has 3 atom stereocenters. The number of hydrogen-bond donors (Lipinski definition) is 1. The third-order valence-corrected chi connectivity index (χ3v) is 8.25. The van der Waals surface area contributed by atoms with Crippen LogP contribution in [0.3, 0.4) is 0 Å². The molecule has 28 heavy (non-hydrogen) atoms. The van der Waals surface area contributed by atoms with E-state index in [1.807, 2.05) is 41.1 Å². The van der Waals surface area contributed by atoms with Crippen LogP contribution in [0.4, 0.5) is 0 Å². The SMILES string of the molecule is C[C@H]1[C@H](NS(=O)(=O)c2ccc(-c3cn4cccnc4n3)s2)[C@H]1c1ccccc1. The van der Waals surface area contributed by atoms with Crippen molar-refractivity contribution < 1.29 is 8.42 Å². The number of sulfonamides is 1. The van der Waals surface area contributed by atoms with E-state index in [2.05, 4.69) is 33.7 Å². The molecule has 1 aliphatic carbocycles. The van der Waals surface area contributed by atoms with Gasteiger partial charge in [-0.15, -0.1) is 11.3 Å². The molecule has 3 aromatic heterocycles. The van der Waals surface area contributed by atoms with Crippen molar-refractivity contribution in [2.24, 2.45) is 5.92 Å². The van der Waals surface area contributed by atoms with E-state index >= 15 is 0 Å². The standard InChI is InChI=1S/C20H18N4O2S2/c1-13-18(14-6-3-2-4-7-14)19(13)23-28(25,26)17-9-8-16(27-17)15-12-24-11-5-10-21-20(24)22-15/h2-13,18-19,23H,1H3/t13-,18-,19+/m1/s1. The van der Waals surface area contributed by atoms with Gasteiger partial charge in [-0.1, -0.05) is 37.3 Å². The lowest BCUT2D eigenvalue weighted by molar-refractivity contribution is 0.580. The van der Waals surface area contributed by atoms with Crippen LogP contribution in [-0.2, 0) is 10.0 Å². The molecule has 1 aliphatic rings. The van der Waals surface area contributed by atoms with E-state index in [0.29, 0.717) is 15.7 Å². The number of aromatic nitrogens is 3. The minimum absolute atomic E-state index is 0.0719. The summed E-state index contributed by atoms with van der Waals surface area (Å²) < 4.78 is 30.8. The second-order valence-electron chi connectivity index (χ2n) is 7.01. The van der Waals surface area contributed by atoms with Crippen LogP contribution < -0.4 is 4.72 Å². The predicted molar refractivity (Wildman–Crippen MR) is 109 cm³/mol. The summed E-state index contributed by atoms with van der Waals surface area (Å²) in [6.45, 7) is 2.08. The van der Waals surface area contributed by atoms with Crippen molar-refractivity contribution in [3.63, 3.8) is 0 Å². The lowest BCUT2D eigenvalue weighted by Crippen LogP contribution is -2.27. The number of thiophene rings is 1. The highest BCUT2D eigenvalue weighted by molar-refractivity contribution is 7.91. The van der Waals surface area contributed by atoms with Gasteiger partial charge in [0, 0.05) is 30.6 Å². The molecule has 142 valence electrons. The minimum Gasteiger partial charge on any atom is -0.290 e. The highest BCUT2D eigenvalue weighted by atomic mass is 32.2. The molecule has 0 saturated heterocycles. The molecule has 1 aromatic carbocycles. The van der Waals surface area contributed by atoms with Gasteiger partial charge in [0.05, 0.1) is 4.88 Å². The van der Waals surface area contributed by atoms with E-state index in [9.17, 15) is 8.42 Å². The number of nitrogens with zero attached hydrogens (tertiary/aromatic N) is 3. The van der Waals surface area contributed by atoms with Crippen molar-refractivity contribution in [2.45, 2.75) is 23.1 Å². The van der Waals surface area contributed by atoms with E-state index in [1.54, 1.807) is 18.3 Å². The van der Waals surface area contributed by atoms with Crippen LogP contribution >= 0.6 is 11.3 Å². The Morgan fingerprint density at radius 3 is 2.71 bits per heavy atom. The molecule has 0 aliphatic heterocycles. The second-order valence-corrected chi connectivity index (χ2v) is 10.0. The molecule has 6 nitrogen and oxygen atoms in total. The maximum absolute atomic E-state index is 12.9. The van der Waals surface area contributed by atoms with Gasteiger partial charge in [0.1, 0.15) is 9.90 Å². The van der Waals surface area contributed by atoms with Crippen LogP contribution in [0.1, 0.15) is 18.4 Å². The second kappa shape index (κ2) is 6.51. The van der Waals surface area contributed by atoms with Gasteiger partial charge in [-0.05, 0) is 29.7 Å². The normalized spacial score (nSPS) is 21.8. The number of rotatable bonds is 5. The molecule has 0 unspecified atom stereocenters. The van der Waals surface area contributed by atoms with Gasteiger partial charge in [-0.3, -0.25) is 4.40 Å². The molecule has 0 amide bonds. The molecule has 1 fully saturated rings. The number of imidazole rings is 1. The molecular formula is C20H18N4O2S2. The smallest absolute Gasteiger partial charge is 0.250 e. The molecule has 1 N–H and O–H groups in total. The Kier molecular flexibility index (Phi) is 4.08. The van der Waals surface area contributed by atoms with Gasteiger partial charge in [-0.25, -0.2) is 23.1 Å². The molecule has 1 saturated carbocycles. The van der Waals surface area contributed by atoms with Gasteiger partial charge < -0.3 is 0 Å². The highest BCUT2D eigenvalue weighted by Gasteiger charge is 2.49. The summed E-state index contributed by atoms with van der Waals surface area (Å²) in [5, 5.41) is 0. The summed E-state index contributed by atoms with van der Waals surface area (Å²) in [4.78, 5) is 9.46. The van der Waals surface area contributed by atoms with E-state index in [4.69, 9.17) is 0 Å². The summed E-state index contributed by atoms with van der Waals surface area (Å²) in [7, 11) is -3.57. The van der Waals surface area contributed by atoms with Crippen molar-refractivity contribution in [3.05, 3.63) is 72.7 Å². The Morgan fingerprint density at radius 2 is 1.93 bits per heavy atom. The topological polar surface area (TPSA) is 76.4 Å². The lowest BCUT2D eigenvalue weighted by Gasteiger charge is -2.04. The Hall–Kier alpha value is -2.55. The molecule has 4 aromatic rings. The zero-order valence-electron chi connectivity index (χ0n) is 15.1. The lowest BCUT2D eigenvalue weighted by atomic mass is 10.1. The zero-order chi connectivity index (χ0) is 19.3. The maximum Gasteiger partial charge on any atom is 0.250 e. The van der Waals surface area contributed by atoms with Crippen LogP contribution in [0, 0.1) is 5.92 Å². The fraction of sp³-hybridized carbons (Fsp3) is 0.200. The molecule has 5 rings (SSSR count). The first-order chi connectivity index (χ1) is 13.5. The molecule has 8 heteroatoms. The monoisotopic (exact) mass is 410 g/mol. The van der Waals surface area contributed by atoms with Crippen LogP contribution in [0.25, 0.3) is 16.3 Å². The molecular weight excluding hydrogens is 392 g/mol. The Bertz CT molecular complexity index is 1210. The summed E-state index contributed by atoms with van der Waals surface area (Å²) in [5.41, 5.74) is 1.89. The van der Waals surface area contributed by atoms with E-state index in [0.717, 1.165) is 4.88 Å². The highest BCUT2D eigenvalue weighted by Crippen LogP contribution is 2.48. The summed E-state index contributed by atoms with van der Waals surface area (Å²) in [6, 6.07) is 15.2. The fourth-order valence-corrected chi connectivity index (χ4v) is 6.24. The van der Waals surface area contributed by atoms with E-state index in [1.165, 1.54) is 16.9 Å². The van der Waals surface area contributed by atoms with Gasteiger partial charge in [-0.2, -0.15) is 0 Å². The first-order valence-corrected chi connectivity index (χ1v) is 11.3. The third kappa shape index (κ3) is 3.03. The van der Waals surface area contributed by atoms with Crippen molar-refractivity contribution >= 4 is 27.1 Å². The summed E-state index contributed by atoms with van der Waals surface area (Å²) in [6.07, 6.45) is 5.40. The largest absolute Gasteiger partial charge is 0.290 e. The Labute approximate surface area is 167 Å². The number of fused-ring (bicyclic) bond motifs is 1. The first-order valence-electron chi connectivity index (χ1n) is 9.00. The molecule has 3 heterocycles. The molecule has 0 spiro atoms. The van der Waals surface area contributed by atoms with Crippen molar-refractivity contribution in [1.29, 1.82) is 0 Å². The number of benzene rings is 1. The van der Waals surface area contributed by atoms with Gasteiger partial charge in [0.15, 0.2) is 0 Å².